The van der Waals surface area contributed by atoms with Crippen molar-refractivity contribution in [1.29, 1.82) is 0 Å². The Morgan fingerprint density at radius 1 is 1.26 bits per heavy atom. The van der Waals surface area contributed by atoms with Crippen LogP contribution in [-0.4, -0.2) is 49.5 Å². The second kappa shape index (κ2) is 8.91. The van der Waals surface area contributed by atoms with Crippen LogP contribution in [0.1, 0.15) is 71.5 Å². The highest BCUT2D eigenvalue weighted by molar-refractivity contribution is 5.66. The number of rotatable bonds is 8. The number of nitrogens with zero attached hydrogens (tertiary/aromatic N) is 2. The van der Waals surface area contributed by atoms with Crippen molar-refractivity contribution in [2.75, 3.05) is 32.8 Å². The van der Waals surface area contributed by atoms with Crippen LogP contribution in [0.25, 0.3) is 0 Å². The van der Waals surface area contributed by atoms with E-state index in [-0.39, 0.29) is 11.0 Å². The Labute approximate surface area is 165 Å². The van der Waals surface area contributed by atoms with Crippen molar-refractivity contribution in [3.05, 3.63) is 24.2 Å². The molecular formula is C23H38N2O2. The smallest absolute Gasteiger partial charge is 0.107 e. The summed E-state index contributed by atoms with van der Waals surface area (Å²) in [5.41, 5.74) is 0.0999. The lowest BCUT2D eigenvalue weighted by Crippen LogP contribution is -2.48. The van der Waals surface area contributed by atoms with Gasteiger partial charge < -0.3 is 14.1 Å². The third kappa shape index (κ3) is 5.68. The number of furan rings is 1. The molecule has 2 fully saturated rings. The maximum Gasteiger partial charge on any atom is 0.107 e. The molecular weight excluding hydrogens is 336 g/mol. The van der Waals surface area contributed by atoms with Crippen LogP contribution < -0.4 is 0 Å². The molecule has 0 aliphatic carbocycles. The predicted molar refractivity (Wildman–Crippen MR) is 112 cm³/mol. The van der Waals surface area contributed by atoms with Crippen molar-refractivity contribution < 1.29 is 9.15 Å². The van der Waals surface area contributed by atoms with E-state index in [0.717, 1.165) is 44.7 Å². The number of likely N-dealkylation sites (tertiary alicyclic amines) is 1. The number of ether oxygens (including phenoxy) is 1. The fraction of sp³-hybridized carbons (Fsp3) is 0.783. The summed E-state index contributed by atoms with van der Waals surface area (Å²) in [6.07, 6.45) is 9.95. The van der Waals surface area contributed by atoms with Gasteiger partial charge in [0.2, 0.25) is 0 Å². The second-order valence-electron chi connectivity index (χ2n) is 9.57. The highest BCUT2D eigenvalue weighted by atomic mass is 16.5. The fourth-order valence-corrected chi connectivity index (χ4v) is 4.97. The van der Waals surface area contributed by atoms with Crippen LogP contribution in [-0.2, 0) is 4.74 Å². The van der Waals surface area contributed by atoms with Gasteiger partial charge in [0.1, 0.15) is 5.76 Å². The van der Waals surface area contributed by atoms with Crippen molar-refractivity contribution in [2.24, 2.45) is 16.3 Å². The summed E-state index contributed by atoms with van der Waals surface area (Å²) in [5, 5.41) is 0. The van der Waals surface area contributed by atoms with Gasteiger partial charge in [0, 0.05) is 37.2 Å². The highest BCUT2D eigenvalue weighted by Crippen LogP contribution is 2.39. The maximum absolute atomic E-state index is 6.02. The lowest BCUT2D eigenvalue weighted by atomic mass is 9.74. The standard InChI is InChI=1S/C23H38N2O2/c1-19(2)20(21-8-7-14-26-21)9-11-24-17-23(18-25-12-5-6-13-25)10-15-27-22(3,4)16-23/h7-8,14,17,19-20H,5-6,9-13,15-16,18H2,1-4H3/t20-,23-/m1/s1. The summed E-state index contributed by atoms with van der Waals surface area (Å²) in [5.74, 6) is 2.10. The number of hydrogen-bond donors (Lipinski definition) is 0. The molecule has 0 bridgehead atoms. The van der Waals surface area contributed by atoms with E-state index in [9.17, 15) is 0 Å². The van der Waals surface area contributed by atoms with Crippen molar-refractivity contribution in [3.63, 3.8) is 0 Å². The molecule has 0 saturated carbocycles. The summed E-state index contributed by atoms with van der Waals surface area (Å²) in [6, 6.07) is 4.09. The molecule has 3 heterocycles. The van der Waals surface area contributed by atoms with Gasteiger partial charge in [-0.2, -0.15) is 0 Å². The third-order valence-electron chi connectivity index (χ3n) is 6.26. The number of hydrogen-bond acceptors (Lipinski definition) is 4. The van der Waals surface area contributed by atoms with Gasteiger partial charge in [-0.25, -0.2) is 0 Å². The highest BCUT2D eigenvalue weighted by Gasteiger charge is 2.41. The molecule has 3 rings (SSSR count). The Morgan fingerprint density at radius 2 is 2.04 bits per heavy atom. The van der Waals surface area contributed by atoms with Gasteiger partial charge in [-0.3, -0.25) is 4.99 Å². The molecule has 1 aromatic heterocycles. The Hall–Kier alpha value is -1.13. The van der Waals surface area contributed by atoms with Crippen molar-refractivity contribution in [3.8, 4) is 0 Å². The first-order chi connectivity index (χ1) is 12.9. The van der Waals surface area contributed by atoms with E-state index in [1.54, 1.807) is 6.26 Å². The lowest BCUT2D eigenvalue weighted by molar-refractivity contribution is -0.0897. The van der Waals surface area contributed by atoms with Gasteiger partial charge in [-0.05, 0) is 77.1 Å². The minimum Gasteiger partial charge on any atom is -0.469 e. The minimum absolute atomic E-state index is 0.0569. The zero-order chi connectivity index (χ0) is 19.3. The van der Waals surface area contributed by atoms with Gasteiger partial charge in [0.15, 0.2) is 0 Å². The summed E-state index contributed by atoms with van der Waals surface area (Å²) in [4.78, 5) is 7.59. The van der Waals surface area contributed by atoms with Gasteiger partial charge in [-0.15, -0.1) is 0 Å². The quantitative estimate of drug-likeness (QED) is 0.591. The van der Waals surface area contributed by atoms with Crippen LogP contribution in [0.4, 0.5) is 0 Å². The van der Waals surface area contributed by atoms with Crippen molar-refractivity contribution in [2.45, 2.75) is 71.3 Å². The van der Waals surface area contributed by atoms with Crippen LogP contribution in [0.15, 0.2) is 27.8 Å². The van der Waals surface area contributed by atoms with Crippen LogP contribution >= 0.6 is 0 Å². The van der Waals surface area contributed by atoms with E-state index in [2.05, 4.69) is 44.9 Å². The van der Waals surface area contributed by atoms with Crippen LogP contribution in [0.3, 0.4) is 0 Å². The fourth-order valence-electron chi connectivity index (χ4n) is 4.97. The average Bonchev–Trinajstić information content (AvgIpc) is 3.27. The topological polar surface area (TPSA) is 38.0 Å². The van der Waals surface area contributed by atoms with Gasteiger partial charge in [0.25, 0.3) is 0 Å². The molecule has 0 N–H and O–H groups in total. The molecule has 2 saturated heterocycles. The summed E-state index contributed by atoms with van der Waals surface area (Å²) < 4.78 is 11.7. The van der Waals surface area contributed by atoms with E-state index in [1.165, 1.54) is 25.9 Å². The Kier molecular flexibility index (Phi) is 6.80. The molecule has 4 heteroatoms. The van der Waals surface area contributed by atoms with Gasteiger partial charge in [-0.1, -0.05) is 13.8 Å². The van der Waals surface area contributed by atoms with E-state index in [1.807, 2.05) is 6.07 Å². The van der Waals surface area contributed by atoms with Gasteiger partial charge >= 0.3 is 0 Å². The number of aliphatic imine (C=N–C) groups is 1. The monoisotopic (exact) mass is 374 g/mol. The van der Waals surface area contributed by atoms with Gasteiger partial charge in [0.05, 0.1) is 11.9 Å². The van der Waals surface area contributed by atoms with E-state index >= 15 is 0 Å². The van der Waals surface area contributed by atoms with E-state index < -0.39 is 0 Å². The first kappa shape index (κ1) is 20.6. The van der Waals surface area contributed by atoms with Crippen molar-refractivity contribution in [1.82, 2.24) is 4.90 Å². The molecule has 0 spiro atoms. The van der Waals surface area contributed by atoms with Crippen LogP contribution in [0.2, 0.25) is 0 Å². The van der Waals surface area contributed by atoms with Crippen molar-refractivity contribution >= 4 is 6.21 Å². The minimum atomic E-state index is -0.0569. The predicted octanol–water partition coefficient (Wildman–Crippen LogP) is 5.15. The normalized spacial score (nSPS) is 27.6. The molecule has 0 amide bonds. The second-order valence-corrected chi connectivity index (χ2v) is 9.57. The average molecular weight is 375 g/mol. The molecule has 2 atom stereocenters. The summed E-state index contributed by atoms with van der Waals surface area (Å²) >= 11 is 0. The zero-order valence-corrected chi connectivity index (χ0v) is 17.7. The Bertz CT molecular complexity index is 588. The zero-order valence-electron chi connectivity index (χ0n) is 17.7. The van der Waals surface area contributed by atoms with E-state index in [0.29, 0.717) is 11.8 Å². The molecule has 0 radical (unpaired) electrons. The van der Waals surface area contributed by atoms with Crippen LogP contribution in [0.5, 0.6) is 0 Å². The third-order valence-corrected chi connectivity index (χ3v) is 6.26. The maximum atomic E-state index is 6.02. The molecule has 0 unspecified atom stereocenters. The molecule has 2 aliphatic heterocycles. The Balaban J connectivity index is 1.64. The Morgan fingerprint density at radius 3 is 2.67 bits per heavy atom. The molecule has 152 valence electrons. The summed E-state index contributed by atoms with van der Waals surface area (Å²) in [6.45, 7) is 14.3. The molecule has 0 aromatic carbocycles. The molecule has 2 aliphatic rings. The SMILES string of the molecule is CC(C)[C@@H](CCN=C[C@@]1(CN2CCCC2)CCOC(C)(C)C1)c1ccco1. The van der Waals surface area contributed by atoms with E-state index in [4.69, 9.17) is 14.1 Å². The largest absolute Gasteiger partial charge is 0.469 e. The first-order valence-electron chi connectivity index (χ1n) is 10.8. The first-order valence-corrected chi connectivity index (χ1v) is 10.8. The molecule has 4 nitrogen and oxygen atoms in total. The lowest BCUT2D eigenvalue weighted by Gasteiger charge is -2.44. The molecule has 1 aromatic rings. The van der Waals surface area contributed by atoms with Crippen LogP contribution in [0, 0.1) is 11.3 Å². The summed E-state index contributed by atoms with van der Waals surface area (Å²) in [7, 11) is 0. The molecule has 27 heavy (non-hydrogen) atoms.